The number of aryl methyl sites for hydroxylation is 1. The molecule has 3 aromatic rings. The molecule has 148 valence electrons. The summed E-state index contributed by atoms with van der Waals surface area (Å²) < 4.78 is 0.935. The summed E-state index contributed by atoms with van der Waals surface area (Å²) in [5.74, 6) is -0.828. The van der Waals surface area contributed by atoms with E-state index in [4.69, 9.17) is 0 Å². The van der Waals surface area contributed by atoms with E-state index in [-0.39, 0.29) is 6.54 Å². The molecule has 29 heavy (non-hydrogen) atoms. The van der Waals surface area contributed by atoms with E-state index < -0.39 is 23.9 Å². The standard InChI is InChI=1S/C21H19BrN4O3/c1-12-8-14(6-7-16(12)22)24-19(27)11-26-20(28)18(25-21(26)29)9-13-10-23-17-5-3-2-4-15(13)17/h2-8,10,18,23H,9,11H2,1H3,(H,24,27)(H,25,29)/t18-/m0/s1. The molecule has 1 fully saturated rings. The number of anilines is 1. The molecule has 1 atom stereocenters. The number of hydrogen-bond acceptors (Lipinski definition) is 3. The zero-order chi connectivity index (χ0) is 20.5. The molecule has 4 amide bonds. The second-order valence-electron chi connectivity index (χ2n) is 7.00. The Morgan fingerprint density at radius 2 is 2.00 bits per heavy atom. The number of nitrogens with one attached hydrogen (secondary N) is 3. The van der Waals surface area contributed by atoms with Crippen molar-refractivity contribution in [2.75, 3.05) is 11.9 Å². The van der Waals surface area contributed by atoms with E-state index in [0.717, 1.165) is 31.4 Å². The van der Waals surface area contributed by atoms with Crippen LogP contribution in [0.5, 0.6) is 0 Å². The van der Waals surface area contributed by atoms with Gasteiger partial charge in [-0.2, -0.15) is 0 Å². The Bertz CT molecular complexity index is 1120. The lowest BCUT2D eigenvalue weighted by Gasteiger charge is -2.13. The summed E-state index contributed by atoms with van der Waals surface area (Å²) in [5, 5.41) is 6.41. The zero-order valence-corrected chi connectivity index (χ0v) is 17.2. The maximum atomic E-state index is 12.7. The number of rotatable bonds is 5. The van der Waals surface area contributed by atoms with Crippen LogP contribution >= 0.6 is 15.9 Å². The summed E-state index contributed by atoms with van der Waals surface area (Å²) >= 11 is 3.41. The molecule has 1 aromatic heterocycles. The number of para-hydroxylation sites is 1. The number of aromatic amines is 1. The summed E-state index contributed by atoms with van der Waals surface area (Å²) in [6.07, 6.45) is 2.20. The van der Waals surface area contributed by atoms with Crippen LogP contribution in [0.1, 0.15) is 11.1 Å². The van der Waals surface area contributed by atoms with Gasteiger partial charge in [-0.1, -0.05) is 34.1 Å². The van der Waals surface area contributed by atoms with E-state index in [2.05, 4.69) is 31.5 Å². The van der Waals surface area contributed by atoms with Gasteiger partial charge in [-0.3, -0.25) is 14.5 Å². The zero-order valence-electron chi connectivity index (χ0n) is 15.7. The first-order valence-electron chi connectivity index (χ1n) is 9.15. The molecule has 3 N–H and O–H groups in total. The van der Waals surface area contributed by atoms with Crippen molar-refractivity contribution >= 4 is 50.4 Å². The third-order valence-corrected chi connectivity index (χ3v) is 5.84. The van der Waals surface area contributed by atoms with Crippen LogP contribution in [-0.4, -0.2) is 40.3 Å². The van der Waals surface area contributed by atoms with Gasteiger partial charge in [0.1, 0.15) is 12.6 Å². The minimum Gasteiger partial charge on any atom is -0.361 e. The van der Waals surface area contributed by atoms with Crippen LogP contribution < -0.4 is 10.6 Å². The molecule has 1 saturated heterocycles. The van der Waals surface area contributed by atoms with E-state index in [0.29, 0.717) is 12.1 Å². The van der Waals surface area contributed by atoms with Crippen molar-refractivity contribution in [1.82, 2.24) is 15.2 Å². The summed E-state index contributed by atoms with van der Waals surface area (Å²) in [7, 11) is 0. The van der Waals surface area contributed by atoms with Crippen molar-refractivity contribution in [1.29, 1.82) is 0 Å². The minimum atomic E-state index is -0.690. The summed E-state index contributed by atoms with van der Waals surface area (Å²) in [5.41, 5.74) is 3.49. The van der Waals surface area contributed by atoms with Gasteiger partial charge in [-0.05, 0) is 42.3 Å². The van der Waals surface area contributed by atoms with Crippen LogP contribution in [0.2, 0.25) is 0 Å². The molecule has 0 spiro atoms. The number of fused-ring (bicyclic) bond motifs is 1. The van der Waals surface area contributed by atoms with Crippen LogP contribution in [0.25, 0.3) is 10.9 Å². The molecule has 1 aliphatic rings. The Morgan fingerprint density at radius 1 is 1.21 bits per heavy atom. The van der Waals surface area contributed by atoms with Crippen LogP contribution in [0, 0.1) is 6.92 Å². The first kappa shape index (κ1) is 19.2. The van der Waals surface area contributed by atoms with E-state index in [1.165, 1.54) is 0 Å². The third-order valence-electron chi connectivity index (χ3n) is 4.95. The quantitative estimate of drug-likeness (QED) is 0.516. The molecule has 0 saturated carbocycles. The maximum absolute atomic E-state index is 12.7. The normalized spacial score (nSPS) is 16.3. The molecule has 0 bridgehead atoms. The van der Waals surface area contributed by atoms with Crippen molar-refractivity contribution in [3.8, 4) is 0 Å². The number of nitrogens with zero attached hydrogens (tertiary/aromatic N) is 1. The Morgan fingerprint density at radius 3 is 2.79 bits per heavy atom. The highest BCUT2D eigenvalue weighted by Crippen LogP contribution is 2.22. The Kier molecular flexibility index (Phi) is 5.10. The fourth-order valence-electron chi connectivity index (χ4n) is 3.45. The topological polar surface area (TPSA) is 94.3 Å². The molecule has 8 heteroatoms. The lowest BCUT2D eigenvalue weighted by atomic mass is 10.1. The largest absolute Gasteiger partial charge is 0.361 e. The van der Waals surface area contributed by atoms with Crippen LogP contribution in [0.4, 0.5) is 10.5 Å². The highest BCUT2D eigenvalue weighted by molar-refractivity contribution is 9.10. The molecule has 0 aliphatic carbocycles. The molecular formula is C21H19BrN4O3. The fourth-order valence-corrected chi connectivity index (χ4v) is 3.70. The number of H-pyrrole nitrogens is 1. The lowest BCUT2D eigenvalue weighted by Crippen LogP contribution is -2.38. The van der Waals surface area contributed by atoms with Crippen molar-refractivity contribution in [2.24, 2.45) is 0 Å². The van der Waals surface area contributed by atoms with Gasteiger partial charge in [-0.25, -0.2) is 4.79 Å². The second-order valence-corrected chi connectivity index (χ2v) is 7.86. The molecular weight excluding hydrogens is 436 g/mol. The molecule has 0 unspecified atom stereocenters. The van der Waals surface area contributed by atoms with Gasteiger partial charge in [0.15, 0.2) is 0 Å². The number of carbonyl (C=O) groups is 3. The second kappa shape index (κ2) is 7.71. The van der Waals surface area contributed by atoms with Gasteiger partial charge >= 0.3 is 6.03 Å². The average Bonchev–Trinajstić information content (AvgIpc) is 3.21. The molecule has 7 nitrogen and oxygen atoms in total. The number of hydrogen-bond donors (Lipinski definition) is 3. The van der Waals surface area contributed by atoms with Crippen molar-refractivity contribution in [2.45, 2.75) is 19.4 Å². The van der Waals surface area contributed by atoms with Crippen LogP contribution in [0.15, 0.2) is 53.1 Å². The molecule has 1 aliphatic heterocycles. The summed E-state index contributed by atoms with van der Waals surface area (Å²) in [6, 6.07) is 11.9. The molecule has 2 heterocycles. The van der Waals surface area contributed by atoms with Crippen molar-refractivity contribution in [3.05, 3.63) is 64.3 Å². The summed E-state index contributed by atoms with van der Waals surface area (Å²) in [6.45, 7) is 1.58. The van der Waals surface area contributed by atoms with Crippen molar-refractivity contribution in [3.63, 3.8) is 0 Å². The van der Waals surface area contributed by atoms with E-state index in [1.54, 1.807) is 6.07 Å². The van der Waals surface area contributed by atoms with Gasteiger partial charge < -0.3 is 15.6 Å². The number of halogens is 1. The Balaban J connectivity index is 1.42. The number of carbonyl (C=O) groups excluding carboxylic acids is 3. The smallest absolute Gasteiger partial charge is 0.325 e. The highest BCUT2D eigenvalue weighted by Gasteiger charge is 2.39. The monoisotopic (exact) mass is 454 g/mol. The van der Waals surface area contributed by atoms with E-state index in [1.807, 2.05) is 49.5 Å². The number of urea groups is 1. The fraction of sp³-hybridized carbons (Fsp3) is 0.190. The number of amides is 4. The van der Waals surface area contributed by atoms with Crippen LogP contribution in [0.3, 0.4) is 0 Å². The average molecular weight is 455 g/mol. The Labute approximate surface area is 175 Å². The molecule has 2 aromatic carbocycles. The van der Waals surface area contributed by atoms with E-state index >= 15 is 0 Å². The van der Waals surface area contributed by atoms with Gasteiger partial charge in [-0.15, -0.1) is 0 Å². The lowest BCUT2D eigenvalue weighted by molar-refractivity contribution is -0.130. The van der Waals surface area contributed by atoms with Gasteiger partial charge in [0.25, 0.3) is 5.91 Å². The maximum Gasteiger partial charge on any atom is 0.325 e. The predicted octanol–water partition coefficient (Wildman–Crippen LogP) is 3.34. The SMILES string of the molecule is Cc1cc(NC(=O)CN2C(=O)N[C@@H](Cc3c[nH]c4ccccc34)C2=O)ccc1Br. The Hall–Kier alpha value is -3.13. The third kappa shape index (κ3) is 3.88. The van der Waals surface area contributed by atoms with Gasteiger partial charge in [0, 0.05) is 33.7 Å². The minimum absolute atomic E-state index is 0.329. The predicted molar refractivity (Wildman–Crippen MR) is 114 cm³/mol. The molecule has 4 rings (SSSR count). The van der Waals surface area contributed by atoms with Gasteiger partial charge in [0.2, 0.25) is 5.91 Å². The van der Waals surface area contributed by atoms with Crippen molar-refractivity contribution < 1.29 is 14.4 Å². The highest BCUT2D eigenvalue weighted by atomic mass is 79.9. The molecule has 0 radical (unpaired) electrons. The number of aromatic nitrogens is 1. The number of benzene rings is 2. The van der Waals surface area contributed by atoms with Gasteiger partial charge in [0.05, 0.1) is 0 Å². The first-order valence-corrected chi connectivity index (χ1v) is 9.94. The number of imide groups is 1. The van der Waals surface area contributed by atoms with Crippen LogP contribution in [-0.2, 0) is 16.0 Å². The first-order chi connectivity index (χ1) is 13.9. The summed E-state index contributed by atoms with van der Waals surface area (Å²) in [4.78, 5) is 41.5. The van der Waals surface area contributed by atoms with E-state index in [9.17, 15) is 14.4 Å².